The number of carbonyl (C=O) groups excluding carboxylic acids is 1. The summed E-state index contributed by atoms with van der Waals surface area (Å²) in [5, 5.41) is 6.98. The van der Waals surface area contributed by atoms with Crippen molar-refractivity contribution >= 4 is 35.1 Å². The predicted octanol–water partition coefficient (Wildman–Crippen LogP) is 5.99. The number of amides is 1. The van der Waals surface area contributed by atoms with Crippen LogP contribution >= 0.6 is 23.5 Å². The van der Waals surface area contributed by atoms with Gasteiger partial charge in [-0.2, -0.15) is 0 Å². The third-order valence-electron chi connectivity index (χ3n) is 4.93. The number of hydrogen-bond donors (Lipinski definition) is 1. The monoisotopic (exact) mass is 440 g/mol. The molecule has 1 saturated heterocycles. The maximum atomic E-state index is 13.0. The van der Waals surface area contributed by atoms with Crippen LogP contribution < -0.4 is 10.1 Å². The molecule has 0 aliphatic carbocycles. The molecule has 1 aliphatic rings. The molecule has 0 atom stereocenters. The van der Waals surface area contributed by atoms with Gasteiger partial charge in [0, 0.05) is 5.69 Å². The highest BCUT2D eigenvalue weighted by Crippen LogP contribution is 2.44. The van der Waals surface area contributed by atoms with Gasteiger partial charge in [-0.25, -0.2) is 0 Å². The van der Waals surface area contributed by atoms with E-state index in [0.29, 0.717) is 22.5 Å². The lowest BCUT2D eigenvalue weighted by Crippen LogP contribution is -2.14. The minimum absolute atomic E-state index is 0.189. The lowest BCUT2D eigenvalue weighted by Gasteiger charge is -2.21. The number of ether oxygens (including phenoxy) is 1. The fourth-order valence-electron chi connectivity index (χ4n) is 3.28. The molecule has 0 radical (unpaired) electrons. The highest BCUT2D eigenvalue weighted by Gasteiger charge is 2.18. The highest BCUT2D eigenvalue weighted by atomic mass is 32.2. The Bertz CT molecular complexity index is 1010. The average Bonchev–Trinajstić information content (AvgIpc) is 3.10. The molecule has 156 valence electrons. The first kappa shape index (κ1) is 20.9. The van der Waals surface area contributed by atoms with Gasteiger partial charge >= 0.3 is 0 Å². The van der Waals surface area contributed by atoms with E-state index in [1.807, 2.05) is 61.6 Å². The Labute approximate surface area is 184 Å². The van der Waals surface area contributed by atoms with Gasteiger partial charge < -0.3 is 14.6 Å². The molecule has 30 heavy (non-hydrogen) atoms. The Balaban J connectivity index is 1.47. The number of rotatable bonds is 6. The van der Waals surface area contributed by atoms with Crippen LogP contribution in [0.25, 0.3) is 0 Å². The van der Waals surface area contributed by atoms with E-state index in [0.717, 1.165) is 22.7 Å². The maximum Gasteiger partial charge on any atom is 0.259 e. The molecule has 1 aromatic heterocycles. The molecular weight excluding hydrogens is 416 g/mol. The maximum absolute atomic E-state index is 13.0. The summed E-state index contributed by atoms with van der Waals surface area (Å²) in [5.41, 5.74) is 4.23. The van der Waals surface area contributed by atoms with Crippen LogP contribution in [-0.4, -0.2) is 22.6 Å². The molecular formula is C23H24N2O3S2. The summed E-state index contributed by atoms with van der Waals surface area (Å²) in [6.45, 7) is 4.04. The van der Waals surface area contributed by atoms with Gasteiger partial charge in [0.2, 0.25) is 0 Å². The topological polar surface area (TPSA) is 64.4 Å². The SMILES string of the molecule is Cc1noc(C)c1COc1ccccc1C(=O)Nc1cccc(C2SCCCS2)c1. The Morgan fingerprint density at radius 3 is 2.73 bits per heavy atom. The second-order valence-electron chi connectivity index (χ2n) is 7.09. The lowest BCUT2D eigenvalue weighted by molar-refractivity contribution is 0.102. The lowest BCUT2D eigenvalue weighted by atomic mass is 10.1. The highest BCUT2D eigenvalue weighted by molar-refractivity contribution is 8.16. The van der Waals surface area contributed by atoms with E-state index in [-0.39, 0.29) is 5.91 Å². The second kappa shape index (κ2) is 9.62. The molecule has 2 aromatic carbocycles. The number of aromatic nitrogens is 1. The van der Waals surface area contributed by atoms with Gasteiger partial charge in [0.25, 0.3) is 5.91 Å². The van der Waals surface area contributed by atoms with E-state index in [1.54, 1.807) is 12.1 Å². The van der Waals surface area contributed by atoms with E-state index in [9.17, 15) is 4.79 Å². The van der Waals surface area contributed by atoms with Gasteiger partial charge in [-0.05, 0) is 61.6 Å². The standard InChI is InChI=1S/C23H24N2O3S2/c1-15-20(16(2)28-25-15)14-27-21-10-4-3-9-19(21)22(26)24-18-8-5-7-17(13-18)23-29-11-6-12-30-23/h3-5,7-10,13,23H,6,11-12,14H2,1-2H3,(H,24,26). The van der Waals surface area contributed by atoms with Crippen LogP contribution in [0.15, 0.2) is 53.1 Å². The first-order valence-electron chi connectivity index (χ1n) is 9.90. The van der Waals surface area contributed by atoms with Crippen molar-refractivity contribution in [2.75, 3.05) is 16.8 Å². The number of benzene rings is 2. The van der Waals surface area contributed by atoms with Crippen LogP contribution in [0.2, 0.25) is 0 Å². The Kier molecular flexibility index (Phi) is 6.69. The van der Waals surface area contributed by atoms with E-state index in [2.05, 4.69) is 22.6 Å². The number of carbonyl (C=O) groups is 1. The number of nitrogens with zero attached hydrogens (tertiary/aromatic N) is 1. The molecule has 1 fully saturated rings. The number of hydrogen-bond acceptors (Lipinski definition) is 6. The third-order valence-corrected chi connectivity index (χ3v) is 7.94. The Morgan fingerprint density at radius 1 is 1.17 bits per heavy atom. The minimum atomic E-state index is -0.189. The fourth-order valence-corrected chi connectivity index (χ4v) is 6.15. The zero-order valence-corrected chi connectivity index (χ0v) is 18.6. The van der Waals surface area contributed by atoms with Crippen LogP contribution in [-0.2, 0) is 6.61 Å². The molecule has 5 nitrogen and oxygen atoms in total. The van der Waals surface area contributed by atoms with Crippen LogP contribution in [0, 0.1) is 13.8 Å². The van der Waals surface area contributed by atoms with Gasteiger partial charge in [0.1, 0.15) is 18.1 Å². The Morgan fingerprint density at radius 2 is 1.97 bits per heavy atom. The first-order valence-corrected chi connectivity index (χ1v) is 12.0. The van der Waals surface area contributed by atoms with Crippen molar-refractivity contribution in [3.05, 3.63) is 76.7 Å². The van der Waals surface area contributed by atoms with Crippen LogP contribution in [0.3, 0.4) is 0 Å². The van der Waals surface area contributed by atoms with Crippen molar-refractivity contribution in [2.24, 2.45) is 0 Å². The molecule has 4 rings (SSSR count). The summed E-state index contributed by atoms with van der Waals surface area (Å²) in [7, 11) is 0. The minimum Gasteiger partial charge on any atom is -0.488 e. The van der Waals surface area contributed by atoms with Crippen LogP contribution in [0.5, 0.6) is 5.75 Å². The van der Waals surface area contributed by atoms with E-state index in [1.165, 1.54) is 23.5 Å². The van der Waals surface area contributed by atoms with Gasteiger partial charge in [0.05, 0.1) is 21.4 Å². The first-order chi connectivity index (χ1) is 14.6. The summed E-state index contributed by atoms with van der Waals surface area (Å²) in [5.74, 6) is 3.44. The fraction of sp³-hybridized carbons (Fsp3) is 0.304. The number of anilines is 1. The summed E-state index contributed by atoms with van der Waals surface area (Å²) in [6, 6.07) is 15.4. The third kappa shape index (κ3) is 4.84. The molecule has 1 N–H and O–H groups in total. The number of nitrogens with one attached hydrogen (secondary N) is 1. The van der Waals surface area contributed by atoms with Crippen LogP contribution in [0.1, 0.15) is 43.9 Å². The molecule has 0 saturated carbocycles. The van der Waals surface area contributed by atoms with Crippen molar-refractivity contribution in [2.45, 2.75) is 31.5 Å². The van der Waals surface area contributed by atoms with Crippen molar-refractivity contribution in [3.63, 3.8) is 0 Å². The number of thioether (sulfide) groups is 2. The number of para-hydroxylation sites is 1. The van der Waals surface area contributed by atoms with Gasteiger partial charge in [-0.1, -0.05) is 29.4 Å². The van der Waals surface area contributed by atoms with Crippen molar-refractivity contribution in [1.82, 2.24) is 5.16 Å². The van der Waals surface area contributed by atoms with E-state index in [4.69, 9.17) is 9.26 Å². The molecule has 2 heterocycles. The van der Waals surface area contributed by atoms with Crippen LogP contribution in [0.4, 0.5) is 5.69 Å². The van der Waals surface area contributed by atoms with Gasteiger partial charge in [-0.3, -0.25) is 4.79 Å². The van der Waals surface area contributed by atoms with Crippen molar-refractivity contribution in [3.8, 4) is 5.75 Å². The normalized spacial score (nSPS) is 14.5. The van der Waals surface area contributed by atoms with Gasteiger partial charge in [0.15, 0.2) is 0 Å². The van der Waals surface area contributed by atoms with Crippen molar-refractivity contribution < 1.29 is 14.1 Å². The summed E-state index contributed by atoms with van der Waals surface area (Å²) < 4.78 is 11.6. The average molecular weight is 441 g/mol. The second-order valence-corrected chi connectivity index (χ2v) is 9.82. The summed E-state index contributed by atoms with van der Waals surface area (Å²) >= 11 is 3.94. The quantitative estimate of drug-likeness (QED) is 0.508. The van der Waals surface area contributed by atoms with E-state index >= 15 is 0 Å². The Hall–Kier alpha value is -2.38. The van der Waals surface area contributed by atoms with Crippen molar-refractivity contribution in [1.29, 1.82) is 0 Å². The predicted molar refractivity (Wildman–Crippen MR) is 123 cm³/mol. The molecule has 1 aliphatic heterocycles. The molecule has 0 spiro atoms. The smallest absolute Gasteiger partial charge is 0.259 e. The number of aryl methyl sites for hydroxylation is 2. The molecule has 3 aromatic rings. The molecule has 7 heteroatoms. The van der Waals surface area contributed by atoms with E-state index < -0.39 is 0 Å². The van der Waals surface area contributed by atoms with Gasteiger partial charge in [-0.15, -0.1) is 23.5 Å². The summed E-state index contributed by atoms with van der Waals surface area (Å²) in [6.07, 6.45) is 1.26. The zero-order chi connectivity index (χ0) is 20.9. The largest absolute Gasteiger partial charge is 0.488 e. The molecule has 0 bridgehead atoms. The molecule has 1 amide bonds. The molecule has 0 unspecified atom stereocenters. The zero-order valence-electron chi connectivity index (χ0n) is 17.0. The summed E-state index contributed by atoms with van der Waals surface area (Å²) in [4.78, 5) is 13.0.